The van der Waals surface area contributed by atoms with Crippen molar-refractivity contribution in [2.45, 2.75) is 74.7 Å². The quantitative estimate of drug-likeness (QED) is 0.121. The highest BCUT2D eigenvalue weighted by Crippen LogP contribution is 2.41. The summed E-state index contributed by atoms with van der Waals surface area (Å²) in [5, 5.41) is 4.37. The molecular weight excluding hydrogens is 708 g/mol. The number of rotatable bonds is 17. The van der Waals surface area contributed by atoms with Crippen LogP contribution in [0, 0.1) is 6.92 Å². The van der Waals surface area contributed by atoms with Crippen LogP contribution in [0.25, 0.3) is 0 Å². The minimum Gasteiger partial charge on any atom is -0.490 e. The van der Waals surface area contributed by atoms with Crippen molar-refractivity contribution in [3.63, 3.8) is 0 Å². The second kappa shape index (κ2) is 18.1. The summed E-state index contributed by atoms with van der Waals surface area (Å²) in [6.07, 6.45) is 1.28. The van der Waals surface area contributed by atoms with E-state index < -0.39 is 21.4 Å². The van der Waals surface area contributed by atoms with E-state index in [1.165, 1.54) is 0 Å². The van der Waals surface area contributed by atoms with Crippen LogP contribution in [0.15, 0.2) is 71.6 Å². The third-order valence-corrected chi connectivity index (χ3v) is 11.8. The van der Waals surface area contributed by atoms with Crippen molar-refractivity contribution in [2.75, 3.05) is 63.4 Å². The van der Waals surface area contributed by atoms with Crippen LogP contribution < -0.4 is 15.0 Å². The van der Waals surface area contributed by atoms with Crippen LogP contribution in [0.2, 0.25) is 0 Å². The molecule has 5 atom stereocenters. The number of alkyl halides is 1. The molecule has 1 saturated heterocycles. The van der Waals surface area contributed by atoms with Crippen LogP contribution in [0.4, 0.5) is 5.69 Å². The van der Waals surface area contributed by atoms with Crippen LogP contribution in [-0.2, 0) is 35.4 Å². The Balaban J connectivity index is 1.45. The lowest BCUT2D eigenvalue weighted by atomic mass is 9.84. The monoisotopic (exact) mass is 758 g/mol. The number of ether oxygens (including phenoxy) is 5. The van der Waals surface area contributed by atoms with Gasteiger partial charge in [-0.1, -0.05) is 64.0 Å². The van der Waals surface area contributed by atoms with E-state index in [9.17, 15) is 8.42 Å². The van der Waals surface area contributed by atoms with E-state index in [0.29, 0.717) is 51.7 Å². The predicted molar refractivity (Wildman–Crippen MR) is 197 cm³/mol. The van der Waals surface area contributed by atoms with Crippen molar-refractivity contribution < 1.29 is 32.1 Å². The number of anilines is 1. The number of hydrogen-bond acceptors (Lipinski definition) is 9. The van der Waals surface area contributed by atoms with E-state index in [2.05, 4.69) is 50.4 Å². The first-order valence-electron chi connectivity index (χ1n) is 17.3. The molecule has 9 nitrogen and oxygen atoms in total. The summed E-state index contributed by atoms with van der Waals surface area (Å²) in [6, 6.07) is 21.3. The van der Waals surface area contributed by atoms with Crippen molar-refractivity contribution in [2.24, 2.45) is 0 Å². The van der Waals surface area contributed by atoms with E-state index in [1.807, 2.05) is 51.1 Å². The Bertz CT molecular complexity index is 1570. The standard InChI is InChI=1S/C38H51BrN2O7S/c1-5-46-28(3)25-45-26-29-9-11-30(12-10-29)34-22-32(23-39)40-24-37(34)48-38(49(42,43)33-14-7-27(2)8-15-33)31-13-16-36-35(21-31)41(18-20-47-36)17-6-19-44-4/h7-16,21,28,32,34,37-38,40H,5-6,17-20,22-26H2,1-4H3/t28-,32+,34-,37+,38?/m1/s1. The van der Waals surface area contributed by atoms with E-state index in [0.717, 1.165) is 52.8 Å². The Labute approximate surface area is 300 Å². The molecule has 1 N–H and O–H groups in total. The third kappa shape index (κ3) is 9.84. The molecule has 268 valence electrons. The van der Waals surface area contributed by atoms with Crippen LogP contribution in [0.3, 0.4) is 0 Å². The molecule has 0 bridgehead atoms. The largest absolute Gasteiger partial charge is 0.490 e. The van der Waals surface area contributed by atoms with Crippen molar-refractivity contribution in [1.29, 1.82) is 0 Å². The number of benzene rings is 3. The predicted octanol–water partition coefficient (Wildman–Crippen LogP) is 6.57. The van der Waals surface area contributed by atoms with E-state index in [1.54, 1.807) is 19.2 Å². The summed E-state index contributed by atoms with van der Waals surface area (Å²) in [5.41, 5.74) is 3.40. The van der Waals surface area contributed by atoms with Crippen molar-refractivity contribution >= 4 is 31.5 Å². The number of sulfone groups is 1. The molecule has 2 aliphatic rings. The van der Waals surface area contributed by atoms with Crippen LogP contribution in [0.1, 0.15) is 60.3 Å². The van der Waals surface area contributed by atoms with Crippen molar-refractivity contribution in [3.8, 4) is 5.75 Å². The molecular formula is C38H51BrN2O7S. The topological polar surface area (TPSA) is 95.6 Å². The summed E-state index contributed by atoms with van der Waals surface area (Å²) >= 11 is 3.66. The molecule has 2 aliphatic heterocycles. The Morgan fingerprint density at radius 3 is 2.57 bits per heavy atom. The molecule has 0 aromatic heterocycles. The maximum Gasteiger partial charge on any atom is 0.209 e. The summed E-state index contributed by atoms with van der Waals surface area (Å²) in [4.78, 5) is 2.47. The van der Waals surface area contributed by atoms with Gasteiger partial charge < -0.3 is 33.9 Å². The number of aryl methyl sites for hydroxylation is 1. The van der Waals surface area contributed by atoms with Crippen LogP contribution in [-0.4, -0.2) is 85.2 Å². The molecule has 0 aliphatic carbocycles. The average molecular weight is 760 g/mol. The van der Waals surface area contributed by atoms with Gasteiger partial charge >= 0.3 is 0 Å². The summed E-state index contributed by atoms with van der Waals surface area (Å²) in [6.45, 7) is 10.8. The minimum atomic E-state index is -3.95. The lowest BCUT2D eigenvalue weighted by Crippen LogP contribution is -2.48. The fourth-order valence-electron chi connectivity index (χ4n) is 6.52. The first-order valence-corrected chi connectivity index (χ1v) is 19.9. The molecule has 0 amide bonds. The fourth-order valence-corrected chi connectivity index (χ4v) is 8.57. The number of halogens is 1. The van der Waals surface area contributed by atoms with Crippen LogP contribution >= 0.6 is 15.9 Å². The molecule has 0 spiro atoms. The zero-order valence-corrected chi connectivity index (χ0v) is 31.5. The van der Waals surface area contributed by atoms with Gasteiger partial charge in [0.1, 0.15) is 12.4 Å². The first-order chi connectivity index (χ1) is 23.7. The van der Waals surface area contributed by atoms with Gasteiger partial charge in [-0.05, 0) is 74.6 Å². The van der Waals surface area contributed by atoms with Crippen LogP contribution in [0.5, 0.6) is 5.75 Å². The molecule has 2 heterocycles. The number of nitrogens with zero attached hydrogens (tertiary/aromatic N) is 1. The highest BCUT2D eigenvalue weighted by atomic mass is 79.9. The molecule has 3 aromatic carbocycles. The number of nitrogens with one attached hydrogen (secondary N) is 1. The highest BCUT2D eigenvalue weighted by Gasteiger charge is 2.39. The van der Waals surface area contributed by atoms with Gasteiger partial charge in [0.15, 0.2) is 5.44 Å². The Morgan fingerprint density at radius 1 is 1.08 bits per heavy atom. The van der Waals surface area contributed by atoms with Gasteiger partial charge in [-0.2, -0.15) is 0 Å². The Hall–Kier alpha value is -2.51. The van der Waals surface area contributed by atoms with Gasteiger partial charge in [0, 0.05) is 50.7 Å². The number of methoxy groups -OCH3 is 1. The van der Waals surface area contributed by atoms with Gasteiger partial charge in [0.2, 0.25) is 9.84 Å². The third-order valence-electron chi connectivity index (χ3n) is 9.18. The Morgan fingerprint density at radius 2 is 1.86 bits per heavy atom. The number of piperidine rings is 1. The highest BCUT2D eigenvalue weighted by molar-refractivity contribution is 9.09. The van der Waals surface area contributed by atoms with Gasteiger partial charge in [-0.15, -0.1) is 0 Å². The smallest absolute Gasteiger partial charge is 0.209 e. The Kier molecular flexibility index (Phi) is 14.0. The van der Waals surface area contributed by atoms with Gasteiger partial charge in [0.05, 0.1) is 42.5 Å². The maximum absolute atomic E-state index is 14.5. The molecule has 5 rings (SSSR count). The molecule has 0 saturated carbocycles. The zero-order chi connectivity index (χ0) is 34.8. The summed E-state index contributed by atoms with van der Waals surface area (Å²) in [5.74, 6) is 0.714. The first kappa shape index (κ1) is 37.7. The van der Waals surface area contributed by atoms with E-state index in [4.69, 9.17) is 23.7 Å². The fraction of sp³-hybridized carbons (Fsp3) is 0.526. The summed E-state index contributed by atoms with van der Waals surface area (Å²) < 4.78 is 58.7. The number of hydrogen-bond donors (Lipinski definition) is 1. The lowest BCUT2D eigenvalue weighted by molar-refractivity contribution is -0.00729. The lowest BCUT2D eigenvalue weighted by Gasteiger charge is -2.39. The maximum atomic E-state index is 14.5. The average Bonchev–Trinajstić information content (AvgIpc) is 3.11. The minimum absolute atomic E-state index is 0.0287. The van der Waals surface area contributed by atoms with Crippen molar-refractivity contribution in [1.82, 2.24) is 5.32 Å². The molecule has 1 fully saturated rings. The number of fused-ring (bicyclic) bond motifs is 1. The van der Waals surface area contributed by atoms with E-state index >= 15 is 0 Å². The molecule has 49 heavy (non-hydrogen) atoms. The molecule has 0 radical (unpaired) electrons. The van der Waals surface area contributed by atoms with E-state index in [-0.39, 0.29) is 23.0 Å². The normalized spacial score (nSPS) is 20.8. The molecule has 1 unspecified atom stereocenters. The van der Waals surface area contributed by atoms with Gasteiger partial charge in [0.25, 0.3) is 0 Å². The second-order valence-electron chi connectivity index (χ2n) is 12.9. The van der Waals surface area contributed by atoms with Gasteiger partial charge in [-0.3, -0.25) is 0 Å². The van der Waals surface area contributed by atoms with Crippen molar-refractivity contribution in [3.05, 3.63) is 89.0 Å². The SMILES string of the molecule is CCO[C@H](C)COCc1ccc([C@H]2C[C@@H](CBr)NC[C@@H]2OC(c2ccc3c(c2)N(CCCOC)CCO3)S(=O)(=O)c2ccc(C)cc2)cc1. The zero-order valence-electron chi connectivity index (χ0n) is 29.1. The second-order valence-corrected chi connectivity index (χ2v) is 15.5. The summed E-state index contributed by atoms with van der Waals surface area (Å²) in [7, 11) is -2.25. The molecule has 11 heteroatoms. The van der Waals surface area contributed by atoms with Gasteiger partial charge in [-0.25, -0.2) is 8.42 Å². The molecule has 3 aromatic rings.